The van der Waals surface area contributed by atoms with Crippen LogP contribution >= 0.6 is 0 Å². The number of rotatable bonds is 8. The SMILES string of the molecule is COC[C@]12C[C@@](C#N)(C(=O)OC)CC1C=C[C@@H]1[C@H](C)[C@@H](O[Si](C(C)C)(C(C)C)C(C)C)CC[C@]12C. The summed E-state index contributed by atoms with van der Waals surface area (Å²) in [4.78, 5) is 12.9. The average Bonchev–Trinajstić information content (AvgIpc) is 3.14. The number of fused-ring (bicyclic) bond motifs is 3. The second-order valence-corrected chi connectivity index (χ2v) is 18.4. The summed E-state index contributed by atoms with van der Waals surface area (Å²) in [5, 5.41) is 10.2. The second-order valence-electron chi connectivity index (χ2n) is 13.0. The van der Waals surface area contributed by atoms with Gasteiger partial charge < -0.3 is 13.9 Å². The summed E-state index contributed by atoms with van der Waals surface area (Å²) in [5.74, 6) is 0.406. The van der Waals surface area contributed by atoms with Gasteiger partial charge in [0.05, 0.1) is 19.8 Å². The number of esters is 1. The zero-order valence-electron chi connectivity index (χ0n) is 23.8. The Kier molecular flexibility index (Phi) is 8.08. The lowest BCUT2D eigenvalue weighted by molar-refractivity contribution is -0.153. The minimum atomic E-state index is -2.00. The molecule has 0 N–H and O–H groups in total. The summed E-state index contributed by atoms with van der Waals surface area (Å²) in [7, 11) is 1.14. The van der Waals surface area contributed by atoms with Gasteiger partial charge in [-0.15, -0.1) is 0 Å². The maximum atomic E-state index is 12.9. The number of methoxy groups -OCH3 is 2. The smallest absolute Gasteiger partial charge is 0.326 e. The molecule has 0 bridgehead atoms. The lowest BCUT2D eigenvalue weighted by atomic mass is 9.45. The summed E-state index contributed by atoms with van der Waals surface area (Å²) in [6.07, 6.45) is 7.96. The Morgan fingerprint density at radius 1 is 1.11 bits per heavy atom. The van der Waals surface area contributed by atoms with E-state index >= 15 is 0 Å². The van der Waals surface area contributed by atoms with E-state index in [9.17, 15) is 10.1 Å². The molecule has 0 aromatic rings. The maximum Gasteiger partial charge on any atom is 0.326 e. The molecular weight excluding hydrogens is 454 g/mol. The van der Waals surface area contributed by atoms with Crippen molar-refractivity contribution in [2.75, 3.05) is 20.8 Å². The fourth-order valence-electron chi connectivity index (χ4n) is 8.99. The fraction of sp³-hybridized carbons (Fsp3) is 0.862. The van der Waals surface area contributed by atoms with Crippen LogP contribution in [0.25, 0.3) is 0 Å². The first-order chi connectivity index (χ1) is 16.3. The molecule has 0 amide bonds. The van der Waals surface area contributed by atoms with Gasteiger partial charge in [0.2, 0.25) is 8.32 Å². The molecule has 0 aromatic carbocycles. The molecule has 7 atom stereocenters. The van der Waals surface area contributed by atoms with Gasteiger partial charge in [-0.2, -0.15) is 5.26 Å². The van der Waals surface area contributed by atoms with Crippen molar-refractivity contribution in [3.63, 3.8) is 0 Å². The van der Waals surface area contributed by atoms with Crippen LogP contribution in [0.5, 0.6) is 0 Å². The van der Waals surface area contributed by atoms with Crippen LogP contribution in [0.4, 0.5) is 0 Å². The third-order valence-electron chi connectivity index (χ3n) is 10.7. The Bertz CT molecular complexity index is 841. The first kappa shape index (κ1) is 28.4. The highest BCUT2D eigenvalue weighted by atomic mass is 28.4. The molecule has 0 aromatic heterocycles. The van der Waals surface area contributed by atoms with Crippen LogP contribution in [0.15, 0.2) is 12.2 Å². The molecule has 35 heavy (non-hydrogen) atoms. The van der Waals surface area contributed by atoms with Gasteiger partial charge in [0.25, 0.3) is 0 Å². The fourth-order valence-corrected chi connectivity index (χ4v) is 14.7. The number of carbonyl (C=O) groups is 1. The summed E-state index contributed by atoms with van der Waals surface area (Å²) in [6, 6.07) is 2.39. The van der Waals surface area contributed by atoms with E-state index in [0.29, 0.717) is 47.9 Å². The zero-order chi connectivity index (χ0) is 26.4. The highest BCUT2D eigenvalue weighted by Crippen LogP contribution is 2.70. The van der Waals surface area contributed by atoms with E-state index in [1.54, 1.807) is 7.11 Å². The van der Waals surface area contributed by atoms with Crippen LogP contribution in [0.2, 0.25) is 16.6 Å². The van der Waals surface area contributed by atoms with Crippen molar-refractivity contribution >= 4 is 14.3 Å². The predicted octanol–water partition coefficient (Wildman–Crippen LogP) is 6.90. The van der Waals surface area contributed by atoms with Crippen LogP contribution in [-0.2, 0) is 18.7 Å². The molecular formula is C29H49NO4Si. The van der Waals surface area contributed by atoms with Crippen LogP contribution in [0.1, 0.15) is 81.1 Å². The Morgan fingerprint density at radius 3 is 2.20 bits per heavy atom. The summed E-state index contributed by atoms with van der Waals surface area (Å²) >= 11 is 0. The van der Waals surface area contributed by atoms with Gasteiger partial charge in [-0.25, -0.2) is 0 Å². The highest BCUT2D eigenvalue weighted by molar-refractivity contribution is 6.77. The van der Waals surface area contributed by atoms with Crippen molar-refractivity contribution in [2.24, 2.45) is 34.0 Å². The monoisotopic (exact) mass is 503 g/mol. The van der Waals surface area contributed by atoms with Crippen LogP contribution in [-0.4, -0.2) is 41.2 Å². The topological polar surface area (TPSA) is 68.5 Å². The summed E-state index contributed by atoms with van der Waals surface area (Å²) in [5.41, 5.74) is 0.214. The van der Waals surface area contributed by atoms with Gasteiger partial charge in [0.1, 0.15) is 0 Å². The first-order valence-corrected chi connectivity index (χ1v) is 15.8. The molecule has 3 aliphatic carbocycles. The molecule has 2 fully saturated rings. The lowest BCUT2D eigenvalue weighted by Gasteiger charge is -2.61. The molecule has 0 aliphatic heterocycles. The number of hydrogen-bond acceptors (Lipinski definition) is 5. The van der Waals surface area contributed by atoms with Crippen molar-refractivity contribution < 1.29 is 18.7 Å². The molecule has 0 radical (unpaired) electrons. The van der Waals surface area contributed by atoms with Gasteiger partial charge in [0, 0.05) is 18.6 Å². The van der Waals surface area contributed by atoms with Crippen molar-refractivity contribution in [3.8, 4) is 6.07 Å². The van der Waals surface area contributed by atoms with Gasteiger partial charge in [0.15, 0.2) is 5.41 Å². The van der Waals surface area contributed by atoms with Crippen molar-refractivity contribution in [3.05, 3.63) is 12.2 Å². The van der Waals surface area contributed by atoms with E-state index < -0.39 is 19.7 Å². The Balaban J connectivity index is 2.01. The van der Waals surface area contributed by atoms with Crippen molar-refractivity contribution in [1.29, 1.82) is 5.26 Å². The molecule has 1 unspecified atom stereocenters. The van der Waals surface area contributed by atoms with Crippen molar-refractivity contribution in [2.45, 2.75) is 104 Å². The van der Waals surface area contributed by atoms with E-state index in [1.165, 1.54) is 7.11 Å². The molecule has 3 rings (SSSR count). The first-order valence-electron chi connectivity index (χ1n) is 13.7. The predicted molar refractivity (Wildman–Crippen MR) is 142 cm³/mol. The molecule has 0 spiro atoms. The molecule has 3 aliphatic rings. The normalized spacial score (nSPS) is 39.0. The van der Waals surface area contributed by atoms with Gasteiger partial charge in [-0.3, -0.25) is 4.79 Å². The molecule has 0 heterocycles. The minimum Gasteiger partial charge on any atom is -0.468 e. The van der Waals surface area contributed by atoms with E-state index in [2.05, 4.69) is 73.6 Å². The third-order valence-corrected chi connectivity index (χ3v) is 16.8. The summed E-state index contributed by atoms with van der Waals surface area (Å²) < 4.78 is 18.4. The number of allylic oxidation sites excluding steroid dienone is 2. The van der Waals surface area contributed by atoms with E-state index in [-0.39, 0.29) is 22.9 Å². The third kappa shape index (κ3) is 4.05. The zero-order valence-corrected chi connectivity index (χ0v) is 24.8. The van der Waals surface area contributed by atoms with Gasteiger partial charge in [-0.05, 0) is 65.5 Å². The van der Waals surface area contributed by atoms with Gasteiger partial charge in [-0.1, -0.05) is 67.5 Å². The molecule has 198 valence electrons. The number of hydrogen-bond donors (Lipinski definition) is 0. The van der Waals surface area contributed by atoms with Crippen LogP contribution in [0.3, 0.4) is 0 Å². The maximum absolute atomic E-state index is 12.9. The Labute approximate surface area is 215 Å². The highest BCUT2D eigenvalue weighted by Gasteiger charge is 2.69. The molecule has 0 saturated heterocycles. The number of ether oxygens (including phenoxy) is 2. The Morgan fingerprint density at radius 2 is 1.71 bits per heavy atom. The van der Waals surface area contributed by atoms with Crippen molar-refractivity contribution in [1.82, 2.24) is 0 Å². The number of nitrogens with zero attached hydrogens (tertiary/aromatic N) is 1. The second kappa shape index (κ2) is 9.95. The van der Waals surface area contributed by atoms with Crippen LogP contribution < -0.4 is 0 Å². The lowest BCUT2D eigenvalue weighted by Crippen LogP contribution is -2.59. The van der Waals surface area contributed by atoms with Crippen LogP contribution in [0, 0.1) is 45.3 Å². The molecule has 5 nitrogen and oxygen atoms in total. The van der Waals surface area contributed by atoms with Gasteiger partial charge >= 0.3 is 5.97 Å². The largest absolute Gasteiger partial charge is 0.468 e. The minimum absolute atomic E-state index is 0.0773. The number of nitriles is 1. The molecule has 2 saturated carbocycles. The summed E-state index contributed by atoms with van der Waals surface area (Å²) in [6.45, 7) is 19.4. The quantitative estimate of drug-likeness (QED) is 0.205. The van der Waals surface area contributed by atoms with E-state index in [0.717, 1.165) is 12.8 Å². The standard InChI is InChI=1S/C29H49NO4Si/c1-19(2)35(20(3)4,21(5)6)34-25-13-14-27(8)24(22(25)7)12-11-23-15-28(17-30,26(31)33-10)16-29(23,27)18-32-9/h11-12,19-25H,13-16,18H2,1-10H3/t22-,23?,24+,25-,27+,28-,29+/m0/s1. The van der Waals surface area contributed by atoms with E-state index in [4.69, 9.17) is 13.9 Å². The van der Waals surface area contributed by atoms with E-state index in [1.807, 2.05) is 0 Å². The number of carbonyl (C=O) groups excluding carboxylic acids is 1. The average molecular weight is 504 g/mol. The Hall–Kier alpha value is -1.16. The molecule has 6 heteroatoms.